The maximum absolute atomic E-state index is 12.1. The standard InChI is InChI=1S/C14H11F3N2O4/c15-14(16,17)13(21)23-12(20)10-11(22-7-19-10)9(18)6-8-4-2-1-3-5-8/h1-5,7,9H,6,18H2. The van der Waals surface area contributed by atoms with E-state index in [-0.39, 0.29) is 12.2 Å². The van der Waals surface area contributed by atoms with Gasteiger partial charge in [0.2, 0.25) is 0 Å². The van der Waals surface area contributed by atoms with Crippen LogP contribution in [-0.4, -0.2) is 23.1 Å². The molecule has 2 aromatic rings. The van der Waals surface area contributed by atoms with E-state index in [0.717, 1.165) is 12.0 Å². The topological polar surface area (TPSA) is 95.4 Å². The first-order chi connectivity index (χ1) is 10.8. The summed E-state index contributed by atoms with van der Waals surface area (Å²) in [6, 6.07) is 8.07. The van der Waals surface area contributed by atoms with E-state index in [4.69, 9.17) is 10.2 Å². The van der Waals surface area contributed by atoms with Crippen LogP contribution < -0.4 is 5.73 Å². The second-order valence-electron chi connectivity index (χ2n) is 4.54. The molecule has 9 heteroatoms. The first kappa shape index (κ1) is 16.7. The Labute approximate surface area is 128 Å². The van der Waals surface area contributed by atoms with Crippen molar-refractivity contribution < 1.29 is 31.9 Å². The van der Waals surface area contributed by atoms with Gasteiger partial charge in [-0.15, -0.1) is 0 Å². The fourth-order valence-electron chi connectivity index (χ4n) is 1.82. The SMILES string of the molecule is NC(Cc1ccccc1)c1ocnc1C(=O)OC(=O)C(F)(F)F. The minimum absolute atomic E-state index is 0.158. The van der Waals surface area contributed by atoms with Crippen molar-refractivity contribution in [3.63, 3.8) is 0 Å². The highest BCUT2D eigenvalue weighted by atomic mass is 19.4. The number of alkyl halides is 3. The van der Waals surface area contributed by atoms with E-state index >= 15 is 0 Å². The smallest absolute Gasteiger partial charge is 0.446 e. The van der Waals surface area contributed by atoms with Crippen LogP contribution in [0.3, 0.4) is 0 Å². The Morgan fingerprint density at radius 2 is 1.91 bits per heavy atom. The zero-order valence-corrected chi connectivity index (χ0v) is 11.5. The second kappa shape index (κ2) is 6.61. The van der Waals surface area contributed by atoms with Crippen LogP contribution in [0.4, 0.5) is 13.2 Å². The second-order valence-corrected chi connectivity index (χ2v) is 4.54. The Morgan fingerprint density at radius 3 is 2.52 bits per heavy atom. The summed E-state index contributed by atoms with van der Waals surface area (Å²) in [5, 5.41) is 0. The average molecular weight is 328 g/mol. The molecule has 0 aliphatic rings. The highest BCUT2D eigenvalue weighted by Crippen LogP contribution is 2.22. The number of carbonyl (C=O) groups is 2. The number of nitrogens with two attached hydrogens (primary N) is 1. The van der Waals surface area contributed by atoms with E-state index in [9.17, 15) is 22.8 Å². The van der Waals surface area contributed by atoms with Crippen molar-refractivity contribution in [1.82, 2.24) is 4.98 Å². The molecule has 1 aromatic heterocycles. The first-order valence-corrected chi connectivity index (χ1v) is 6.35. The maximum atomic E-state index is 12.1. The van der Waals surface area contributed by atoms with Crippen molar-refractivity contribution >= 4 is 11.9 Å². The number of ether oxygens (including phenoxy) is 1. The van der Waals surface area contributed by atoms with E-state index in [0.29, 0.717) is 0 Å². The number of nitrogens with zero attached hydrogens (tertiary/aromatic N) is 1. The normalized spacial score (nSPS) is 12.7. The molecule has 0 radical (unpaired) electrons. The van der Waals surface area contributed by atoms with Crippen LogP contribution in [0.1, 0.15) is 27.9 Å². The van der Waals surface area contributed by atoms with Crippen molar-refractivity contribution in [2.75, 3.05) is 0 Å². The number of carbonyl (C=O) groups excluding carboxylic acids is 2. The largest absolute Gasteiger partial charge is 0.491 e. The van der Waals surface area contributed by atoms with Crippen molar-refractivity contribution in [3.8, 4) is 0 Å². The molecule has 2 rings (SSSR count). The van der Waals surface area contributed by atoms with Crippen LogP contribution in [-0.2, 0) is 16.0 Å². The van der Waals surface area contributed by atoms with Crippen molar-refractivity contribution in [3.05, 3.63) is 53.7 Å². The van der Waals surface area contributed by atoms with Gasteiger partial charge in [-0.1, -0.05) is 30.3 Å². The summed E-state index contributed by atoms with van der Waals surface area (Å²) >= 11 is 0. The molecule has 0 aliphatic heterocycles. The van der Waals surface area contributed by atoms with Gasteiger partial charge in [0.15, 0.2) is 17.8 Å². The molecule has 23 heavy (non-hydrogen) atoms. The number of halogens is 3. The molecule has 0 saturated heterocycles. The molecule has 0 aliphatic carbocycles. The predicted molar refractivity (Wildman–Crippen MR) is 70.1 cm³/mol. The summed E-state index contributed by atoms with van der Waals surface area (Å²) in [4.78, 5) is 25.8. The molecule has 1 unspecified atom stereocenters. The van der Waals surface area contributed by atoms with Crippen LogP contribution >= 0.6 is 0 Å². The number of rotatable bonds is 4. The average Bonchev–Trinajstić information content (AvgIpc) is 2.96. The van der Waals surface area contributed by atoms with Crippen molar-refractivity contribution in [2.45, 2.75) is 18.6 Å². The summed E-state index contributed by atoms with van der Waals surface area (Å²) in [5.74, 6) is -4.36. The Bertz CT molecular complexity index is 698. The van der Waals surface area contributed by atoms with E-state index in [2.05, 4.69) is 9.72 Å². The minimum atomic E-state index is -5.29. The third-order valence-electron chi connectivity index (χ3n) is 2.84. The fraction of sp³-hybridized carbons (Fsp3) is 0.214. The van der Waals surface area contributed by atoms with Gasteiger partial charge in [-0.25, -0.2) is 14.6 Å². The summed E-state index contributed by atoms with van der Waals surface area (Å²) in [6.45, 7) is 0. The Balaban J connectivity index is 2.12. The van der Waals surface area contributed by atoms with Crippen LogP contribution in [0.5, 0.6) is 0 Å². The van der Waals surface area contributed by atoms with E-state index in [1.54, 1.807) is 30.3 Å². The number of benzene rings is 1. The first-order valence-electron chi connectivity index (χ1n) is 6.35. The third-order valence-corrected chi connectivity index (χ3v) is 2.84. The molecule has 1 atom stereocenters. The molecular formula is C14H11F3N2O4. The Hall–Kier alpha value is -2.68. The van der Waals surface area contributed by atoms with Crippen molar-refractivity contribution in [1.29, 1.82) is 0 Å². The number of hydrogen-bond acceptors (Lipinski definition) is 6. The lowest BCUT2D eigenvalue weighted by Gasteiger charge is -2.10. The fourth-order valence-corrected chi connectivity index (χ4v) is 1.82. The van der Waals surface area contributed by atoms with E-state index in [1.165, 1.54) is 0 Å². The molecule has 6 nitrogen and oxygen atoms in total. The number of hydrogen-bond donors (Lipinski definition) is 1. The molecule has 122 valence electrons. The molecule has 0 spiro atoms. The monoisotopic (exact) mass is 328 g/mol. The zero-order chi connectivity index (χ0) is 17.0. The van der Waals surface area contributed by atoms with Gasteiger partial charge in [0.25, 0.3) is 0 Å². The minimum Gasteiger partial charge on any atom is -0.446 e. The molecule has 0 bridgehead atoms. The summed E-state index contributed by atoms with van der Waals surface area (Å²) in [5.41, 5.74) is 6.14. The quantitative estimate of drug-likeness (QED) is 0.682. The molecule has 0 fully saturated rings. The van der Waals surface area contributed by atoms with Gasteiger partial charge in [-0.2, -0.15) is 13.2 Å². The van der Waals surface area contributed by atoms with Gasteiger partial charge in [-0.05, 0) is 12.0 Å². The summed E-state index contributed by atoms with van der Waals surface area (Å²) in [6.07, 6.45) is -4.19. The van der Waals surface area contributed by atoms with Gasteiger partial charge < -0.3 is 14.9 Å². The van der Waals surface area contributed by atoms with E-state index in [1.807, 2.05) is 0 Å². The van der Waals surface area contributed by atoms with Gasteiger partial charge in [0.1, 0.15) is 0 Å². The molecule has 2 N–H and O–H groups in total. The van der Waals surface area contributed by atoms with Crippen LogP contribution in [0.25, 0.3) is 0 Å². The van der Waals surface area contributed by atoms with Crippen LogP contribution in [0.15, 0.2) is 41.1 Å². The molecule has 0 saturated carbocycles. The number of esters is 2. The maximum Gasteiger partial charge on any atom is 0.491 e. The van der Waals surface area contributed by atoms with Crippen LogP contribution in [0, 0.1) is 0 Å². The lowest BCUT2D eigenvalue weighted by molar-refractivity contribution is -0.193. The van der Waals surface area contributed by atoms with Gasteiger partial charge in [0, 0.05) is 0 Å². The Kier molecular flexibility index (Phi) is 4.80. The highest BCUT2D eigenvalue weighted by molar-refractivity contribution is 5.97. The molecule has 1 aromatic carbocycles. The number of aromatic nitrogens is 1. The predicted octanol–water partition coefficient (Wildman–Crippen LogP) is 2.16. The molecule has 0 amide bonds. The van der Waals surface area contributed by atoms with Crippen molar-refractivity contribution in [2.24, 2.45) is 5.73 Å². The zero-order valence-electron chi connectivity index (χ0n) is 11.5. The van der Waals surface area contributed by atoms with E-state index < -0.39 is 29.9 Å². The lowest BCUT2D eigenvalue weighted by Crippen LogP contribution is -2.29. The van der Waals surface area contributed by atoms with Crippen LogP contribution in [0.2, 0.25) is 0 Å². The number of oxazole rings is 1. The lowest BCUT2D eigenvalue weighted by atomic mass is 10.0. The molecule has 1 heterocycles. The van der Waals surface area contributed by atoms with Gasteiger partial charge >= 0.3 is 18.1 Å². The van der Waals surface area contributed by atoms with Gasteiger partial charge in [0.05, 0.1) is 6.04 Å². The van der Waals surface area contributed by atoms with Gasteiger partial charge in [-0.3, -0.25) is 0 Å². The molecular weight excluding hydrogens is 317 g/mol. The Morgan fingerprint density at radius 1 is 1.26 bits per heavy atom. The summed E-state index contributed by atoms with van der Waals surface area (Å²) < 4.78 is 45.0. The third kappa shape index (κ3) is 4.16. The highest BCUT2D eigenvalue weighted by Gasteiger charge is 2.43. The summed E-state index contributed by atoms with van der Waals surface area (Å²) in [7, 11) is 0.